The van der Waals surface area contributed by atoms with Crippen LogP contribution in [-0.2, 0) is 16.1 Å². The maximum absolute atomic E-state index is 12.2. The Bertz CT molecular complexity index is 995. The first-order valence-electron chi connectivity index (χ1n) is 9.09. The molecule has 0 atom stereocenters. The highest BCUT2D eigenvalue weighted by molar-refractivity contribution is 6.06. The lowest BCUT2D eigenvalue weighted by molar-refractivity contribution is -0.111. The zero-order valence-corrected chi connectivity index (χ0v) is 16.0. The first-order valence-corrected chi connectivity index (χ1v) is 9.09. The molecule has 0 saturated heterocycles. The summed E-state index contributed by atoms with van der Waals surface area (Å²) in [5.74, 6) is -0.0933. The van der Waals surface area contributed by atoms with E-state index in [4.69, 9.17) is 9.47 Å². The highest BCUT2D eigenvalue weighted by Crippen LogP contribution is 2.17. The van der Waals surface area contributed by atoms with Crippen molar-refractivity contribution in [2.45, 2.75) is 6.61 Å². The van der Waals surface area contributed by atoms with Crippen molar-refractivity contribution in [2.75, 3.05) is 12.4 Å². The van der Waals surface area contributed by atoms with Gasteiger partial charge in [0.05, 0.1) is 18.4 Å². The Balaban J connectivity index is 1.57. The summed E-state index contributed by atoms with van der Waals surface area (Å²) < 4.78 is 10.5. The number of nitrogens with one attached hydrogen (secondary N) is 1. The average molecular weight is 387 g/mol. The number of hydrogen-bond acceptors (Lipinski definition) is 4. The minimum absolute atomic E-state index is 0.302. The summed E-state index contributed by atoms with van der Waals surface area (Å²) in [6, 6.07) is 24.1. The van der Waals surface area contributed by atoms with E-state index in [0.717, 1.165) is 16.9 Å². The van der Waals surface area contributed by atoms with Gasteiger partial charge in [-0.05, 0) is 41.5 Å². The Morgan fingerprint density at radius 1 is 0.897 bits per heavy atom. The molecule has 0 aliphatic rings. The molecule has 0 unspecified atom stereocenters. The lowest BCUT2D eigenvalue weighted by Crippen LogP contribution is -2.12. The predicted molar refractivity (Wildman–Crippen MR) is 113 cm³/mol. The summed E-state index contributed by atoms with van der Waals surface area (Å²) in [6.07, 6.45) is 3.10. The number of carbonyl (C=O) groups is 2. The quantitative estimate of drug-likeness (QED) is 0.471. The maximum atomic E-state index is 12.2. The molecule has 0 aromatic heterocycles. The highest BCUT2D eigenvalue weighted by Gasteiger charge is 2.11. The molecular formula is C24H21NO4. The van der Waals surface area contributed by atoms with Crippen LogP contribution in [0.2, 0.25) is 0 Å². The van der Waals surface area contributed by atoms with E-state index in [2.05, 4.69) is 5.32 Å². The van der Waals surface area contributed by atoms with Crippen LogP contribution in [0.5, 0.6) is 5.75 Å². The Kier molecular flexibility index (Phi) is 6.79. The van der Waals surface area contributed by atoms with Gasteiger partial charge in [-0.1, -0.05) is 54.6 Å². The molecule has 0 radical (unpaired) electrons. The Labute approximate surface area is 169 Å². The number of methoxy groups -OCH3 is 1. The first kappa shape index (κ1) is 19.9. The standard InChI is InChI=1S/C24H21NO4/c1-28-24(27)21-9-5-6-10-22(21)25-23(26)16-13-18-11-14-20(15-12-18)29-17-19-7-3-2-4-8-19/h2-16H,17H2,1H3,(H,25,26). The first-order chi connectivity index (χ1) is 14.2. The number of esters is 1. The summed E-state index contributed by atoms with van der Waals surface area (Å²) in [6.45, 7) is 0.498. The second-order valence-electron chi connectivity index (χ2n) is 6.20. The van der Waals surface area contributed by atoms with Crippen molar-refractivity contribution in [1.82, 2.24) is 0 Å². The van der Waals surface area contributed by atoms with Crippen LogP contribution in [0.25, 0.3) is 6.08 Å². The number of hydrogen-bond donors (Lipinski definition) is 1. The summed E-state index contributed by atoms with van der Waals surface area (Å²) >= 11 is 0. The van der Waals surface area contributed by atoms with Crippen LogP contribution in [0.4, 0.5) is 5.69 Å². The molecule has 146 valence electrons. The molecule has 0 saturated carbocycles. The third-order valence-corrected chi connectivity index (χ3v) is 4.15. The van der Waals surface area contributed by atoms with E-state index in [1.807, 2.05) is 54.6 Å². The summed E-state index contributed by atoms with van der Waals surface area (Å²) in [5.41, 5.74) is 2.66. The maximum Gasteiger partial charge on any atom is 0.339 e. The number of anilines is 1. The Morgan fingerprint density at radius 2 is 1.59 bits per heavy atom. The lowest BCUT2D eigenvalue weighted by atomic mass is 10.1. The van der Waals surface area contributed by atoms with Crippen LogP contribution < -0.4 is 10.1 Å². The molecule has 5 nitrogen and oxygen atoms in total. The van der Waals surface area contributed by atoms with Crippen LogP contribution in [-0.4, -0.2) is 19.0 Å². The van der Waals surface area contributed by atoms with Gasteiger partial charge in [-0.25, -0.2) is 4.79 Å². The van der Waals surface area contributed by atoms with Gasteiger partial charge in [-0.2, -0.15) is 0 Å². The molecule has 0 aliphatic carbocycles. The average Bonchev–Trinajstić information content (AvgIpc) is 2.77. The fraction of sp³-hybridized carbons (Fsp3) is 0.0833. The SMILES string of the molecule is COC(=O)c1ccccc1NC(=O)C=Cc1ccc(OCc2ccccc2)cc1. The number of rotatable bonds is 7. The molecule has 3 rings (SSSR count). The van der Waals surface area contributed by atoms with E-state index in [9.17, 15) is 9.59 Å². The van der Waals surface area contributed by atoms with E-state index < -0.39 is 5.97 Å². The number of ether oxygens (including phenoxy) is 2. The van der Waals surface area contributed by atoms with E-state index in [1.165, 1.54) is 13.2 Å². The van der Waals surface area contributed by atoms with Gasteiger partial charge >= 0.3 is 5.97 Å². The monoisotopic (exact) mass is 387 g/mol. The molecular weight excluding hydrogens is 366 g/mol. The van der Waals surface area contributed by atoms with Crippen LogP contribution >= 0.6 is 0 Å². The number of amides is 1. The lowest BCUT2D eigenvalue weighted by Gasteiger charge is -2.08. The second-order valence-corrected chi connectivity index (χ2v) is 6.20. The summed E-state index contributed by atoms with van der Waals surface area (Å²) in [7, 11) is 1.30. The number of para-hydroxylation sites is 1. The molecule has 0 aliphatic heterocycles. The molecule has 3 aromatic rings. The topological polar surface area (TPSA) is 64.6 Å². The van der Waals surface area contributed by atoms with Gasteiger partial charge in [0.15, 0.2) is 0 Å². The van der Waals surface area contributed by atoms with Crippen molar-refractivity contribution in [3.05, 3.63) is 102 Å². The van der Waals surface area contributed by atoms with Crippen molar-refractivity contribution in [2.24, 2.45) is 0 Å². The van der Waals surface area contributed by atoms with Crippen molar-refractivity contribution < 1.29 is 19.1 Å². The van der Waals surface area contributed by atoms with Crippen LogP contribution in [0.1, 0.15) is 21.5 Å². The van der Waals surface area contributed by atoms with Crippen molar-refractivity contribution in [1.29, 1.82) is 0 Å². The molecule has 1 N–H and O–H groups in total. The van der Waals surface area contributed by atoms with Crippen molar-refractivity contribution in [3.63, 3.8) is 0 Å². The van der Waals surface area contributed by atoms with Crippen LogP contribution in [0.15, 0.2) is 84.9 Å². The zero-order valence-electron chi connectivity index (χ0n) is 16.0. The third-order valence-electron chi connectivity index (χ3n) is 4.15. The normalized spacial score (nSPS) is 10.5. The molecule has 3 aromatic carbocycles. The largest absolute Gasteiger partial charge is 0.489 e. The fourth-order valence-electron chi connectivity index (χ4n) is 2.64. The Morgan fingerprint density at radius 3 is 2.31 bits per heavy atom. The van der Waals surface area contributed by atoms with Gasteiger partial charge < -0.3 is 14.8 Å². The molecule has 0 bridgehead atoms. The van der Waals surface area contributed by atoms with Crippen molar-refractivity contribution in [3.8, 4) is 5.75 Å². The minimum Gasteiger partial charge on any atom is -0.489 e. The van der Waals surface area contributed by atoms with Gasteiger partial charge in [0.25, 0.3) is 0 Å². The van der Waals surface area contributed by atoms with Gasteiger partial charge in [0.2, 0.25) is 5.91 Å². The molecule has 1 amide bonds. The third kappa shape index (κ3) is 5.81. The predicted octanol–water partition coefficient (Wildman–Crippen LogP) is 4.70. The number of benzene rings is 3. The van der Waals surface area contributed by atoms with Gasteiger partial charge in [-0.15, -0.1) is 0 Å². The van der Waals surface area contributed by atoms with Crippen molar-refractivity contribution >= 4 is 23.6 Å². The van der Waals surface area contributed by atoms with E-state index in [1.54, 1.807) is 30.3 Å². The second kappa shape index (κ2) is 9.90. The van der Waals surface area contributed by atoms with Crippen LogP contribution in [0, 0.1) is 0 Å². The van der Waals surface area contributed by atoms with E-state index in [-0.39, 0.29) is 5.91 Å². The molecule has 0 spiro atoms. The Hall–Kier alpha value is -3.86. The summed E-state index contributed by atoms with van der Waals surface area (Å²) in [4.78, 5) is 24.0. The highest BCUT2D eigenvalue weighted by atomic mass is 16.5. The smallest absolute Gasteiger partial charge is 0.339 e. The minimum atomic E-state index is -0.504. The molecule has 5 heteroatoms. The summed E-state index contributed by atoms with van der Waals surface area (Å²) in [5, 5.41) is 2.69. The molecule has 0 heterocycles. The van der Waals surface area contributed by atoms with E-state index >= 15 is 0 Å². The number of carbonyl (C=O) groups excluding carboxylic acids is 2. The van der Waals surface area contributed by atoms with Gasteiger partial charge in [-0.3, -0.25) is 4.79 Å². The molecule has 29 heavy (non-hydrogen) atoms. The zero-order chi connectivity index (χ0) is 20.5. The fourth-order valence-corrected chi connectivity index (χ4v) is 2.64. The van der Waals surface area contributed by atoms with Gasteiger partial charge in [0.1, 0.15) is 12.4 Å². The van der Waals surface area contributed by atoms with Gasteiger partial charge in [0, 0.05) is 6.08 Å². The van der Waals surface area contributed by atoms with E-state index in [0.29, 0.717) is 17.9 Å². The van der Waals surface area contributed by atoms with Crippen LogP contribution in [0.3, 0.4) is 0 Å². The molecule has 0 fully saturated rings.